The molecule has 0 unspecified atom stereocenters. The van der Waals surface area contributed by atoms with Gasteiger partial charge in [0.05, 0.1) is 16.6 Å². The van der Waals surface area contributed by atoms with Crippen molar-refractivity contribution in [1.29, 1.82) is 0 Å². The molecule has 1 aromatic heterocycles. The molecule has 10 heteroatoms. The number of rotatable bonds is 7. The van der Waals surface area contributed by atoms with Crippen molar-refractivity contribution in [3.8, 4) is 0 Å². The molecule has 1 saturated heterocycles. The maximum atomic E-state index is 13.3. The zero-order valence-corrected chi connectivity index (χ0v) is 22.1. The van der Waals surface area contributed by atoms with E-state index in [9.17, 15) is 18.0 Å². The number of imidazole rings is 1. The van der Waals surface area contributed by atoms with Crippen LogP contribution in [0, 0.1) is 0 Å². The molecule has 0 bridgehead atoms. The summed E-state index contributed by atoms with van der Waals surface area (Å²) in [6.45, 7) is 6.82. The first kappa shape index (κ1) is 25.0. The third-order valence-electron chi connectivity index (χ3n) is 7.30. The minimum Gasteiger partial charge on any atom is -0.303 e. The molecule has 0 N–H and O–H groups in total. The van der Waals surface area contributed by atoms with Crippen LogP contribution >= 0.6 is 11.6 Å². The molecule has 0 atom stereocenters. The summed E-state index contributed by atoms with van der Waals surface area (Å²) >= 11 is 5.95. The standard InChI is InChI=1S/C26H31ClN4O4S/c1-18(2)30-22-7-3-4-8-23(22)31(26(30)33)20-11-15-28(16-12-20)13-5-6-14-29-25(32)21-17-19(27)9-10-24(21)36(29,34)35/h3-4,7-10,17-18,20H,5-6,11-16H2,1-2H3. The molecule has 0 spiro atoms. The molecule has 8 nitrogen and oxygen atoms in total. The first-order valence-electron chi connectivity index (χ1n) is 12.5. The molecule has 2 aromatic carbocycles. The van der Waals surface area contributed by atoms with Gasteiger partial charge in [-0.2, -0.15) is 0 Å². The van der Waals surface area contributed by atoms with Crippen molar-refractivity contribution in [2.75, 3.05) is 26.2 Å². The highest BCUT2D eigenvalue weighted by molar-refractivity contribution is 7.90. The van der Waals surface area contributed by atoms with E-state index >= 15 is 0 Å². The molecule has 2 aliphatic rings. The Morgan fingerprint density at radius 3 is 2.33 bits per heavy atom. The fourth-order valence-corrected chi connectivity index (χ4v) is 7.28. The van der Waals surface area contributed by atoms with E-state index in [1.54, 1.807) is 0 Å². The van der Waals surface area contributed by atoms with Crippen molar-refractivity contribution >= 4 is 38.6 Å². The number of halogens is 1. The zero-order valence-electron chi connectivity index (χ0n) is 20.6. The molecule has 0 aliphatic carbocycles. The fraction of sp³-hybridized carbons (Fsp3) is 0.462. The van der Waals surface area contributed by atoms with Gasteiger partial charge in [0.1, 0.15) is 4.90 Å². The number of fused-ring (bicyclic) bond motifs is 2. The monoisotopic (exact) mass is 530 g/mol. The van der Waals surface area contributed by atoms with E-state index in [2.05, 4.69) is 4.90 Å². The third kappa shape index (κ3) is 4.27. The van der Waals surface area contributed by atoms with Crippen LogP contribution in [0.4, 0.5) is 0 Å². The molecule has 1 fully saturated rings. The van der Waals surface area contributed by atoms with Crippen molar-refractivity contribution in [3.05, 3.63) is 63.5 Å². The van der Waals surface area contributed by atoms with Gasteiger partial charge >= 0.3 is 5.69 Å². The van der Waals surface area contributed by atoms with Crippen molar-refractivity contribution < 1.29 is 13.2 Å². The maximum Gasteiger partial charge on any atom is 0.329 e. The Morgan fingerprint density at radius 1 is 0.972 bits per heavy atom. The van der Waals surface area contributed by atoms with Gasteiger partial charge in [0.15, 0.2) is 0 Å². The number of likely N-dealkylation sites (tertiary alicyclic amines) is 1. The Hall–Kier alpha value is -2.62. The van der Waals surface area contributed by atoms with Gasteiger partial charge in [-0.1, -0.05) is 23.7 Å². The van der Waals surface area contributed by atoms with Gasteiger partial charge < -0.3 is 4.90 Å². The molecular formula is C26H31ClN4O4S. The lowest BCUT2D eigenvalue weighted by Gasteiger charge is -2.32. The van der Waals surface area contributed by atoms with Crippen LogP contribution in [-0.4, -0.2) is 58.8 Å². The van der Waals surface area contributed by atoms with Crippen LogP contribution in [0.15, 0.2) is 52.2 Å². The number of sulfonamides is 1. The Balaban J connectivity index is 1.17. The van der Waals surface area contributed by atoms with E-state index in [1.165, 1.54) is 18.2 Å². The number of nitrogens with zero attached hydrogens (tertiary/aromatic N) is 4. The SMILES string of the molecule is CC(C)n1c(=O)n(C2CCN(CCCCN3C(=O)c4cc(Cl)ccc4S3(=O)=O)CC2)c2ccccc21. The van der Waals surface area contributed by atoms with Crippen LogP contribution in [0.2, 0.25) is 5.02 Å². The molecule has 1 amide bonds. The minimum absolute atomic E-state index is 0.0352. The van der Waals surface area contributed by atoms with E-state index in [0.29, 0.717) is 11.4 Å². The van der Waals surface area contributed by atoms with Crippen molar-refractivity contribution in [1.82, 2.24) is 18.3 Å². The number of benzene rings is 2. The second-order valence-corrected chi connectivity index (χ2v) is 12.2. The first-order valence-corrected chi connectivity index (χ1v) is 14.3. The zero-order chi connectivity index (χ0) is 25.6. The molecule has 5 rings (SSSR count). The number of piperidine rings is 1. The van der Waals surface area contributed by atoms with Gasteiger partial charge in [0.2, 0.25) is 0 Å². The second-order valence-electron chi connectivity index (χ2n) is 9.91. The van der Waals surface area contributed by atoms with Crippen molar-refractivity contribution in [3.63, 3.8) is 0 Å². The molecular weight excluding hydrogens is 500 g/mol. The molecule has 0 radical (unpaired) electrons. The first-order chi connectivity index (χ1) is 17.2. The fourth-order valence-electron chi connectivity index (χ4n) is 5.52. The average Bonchev–Trinajstić information content (AvgIpc) is 3.24. The van der Waals surface area contributed by atoms with Crippen LogP contribution in [0.1, 0.15) is 62.0 Å². The highest BCUT2D eigenvalue weighted by atomic mass is 35.5. The summed E-state index contributed by atoms with van der Waals surface area (Å²) in [7, 11) is -3.80. The van der Waals surface area contributed by atoms with E-state index in [-0.39, 0.29) is 34.8 Å². The average molecular weight is 531 g/mol. The largest absolute Gasteiger partial charge is 0.329 e. The summed E-state index contributed by atoms with van der Waals surface area (Å²) in [4.78, 5) is 28.3. The summed E-state index contributed by atoms with van der Waals surface area (Å²) in [5.41, 5.74) is 2.19. The van der Waals surface area contributed by atoms with Crippen molar-refractivity contribution in [2.45, 2.75) is 56.5 Å². The summed E-state index contributed by atoms with van der Waals surface area (Å²) in [6, 6.07) is 12.6. The highest BCUT2D eigenvalue weighted by Crippen LogP contribution is 2.32. The topological polar surface area (TPSA) is 84.6 Å². The predicted molar refractivity (Wildman–Crippen MR) is 140 cm³/mol. The Morgan fingerprint density at radius 2 is 1.64 bits per heavy atom. The van der Waals surface area contributed by atoms with Crippen LogP contribution in [0.3, 0.4) is 0 Å². The van der Waals surface area contributed by atoms with Gasteiger partial charge in [-0.05, 0) is 76.4 Å². The minimum atomic E-state index is -3.80. The molecule has 36 heavy (non-hydrogen) atoms. The summed E-state index contributed by atoms with van der Waals surface area (Å²) < 4.78 is 30.3. The van der Waals surface area contributed by atoms with E-state index in [0.717, 1.165) is 54.2 Å². The van der Waals surface area contributed by atoms with E-state index in [4.69, 9.17) is 11.6 Å². The summed E-state index contributed by atoms with van der Waals surface area (Å²) in [6.07, 6.45) is 3.16. The number of amides is 1. The van der Waals surface area contributed by atoms with Crippen LogP contribution in [0.5, 0.6) is 0 Å². The lowest BCUT2D eigenvalue weighted by Crippen LogP contribution is -2.38. The number of aromatic nitrogens is 2. The number of unbranched alkanes of at least 4 members (excludes halogenated alkanes) is 1. The Bertz CT molecular complexity index is 1470. The number of carbonyl (C=O) groups excluding carboxylic acids is 1. The Labute approximate surface area is 216 Å². The second kappa shape index (κ2) is 9.68. The van der Waals surface area contributed by atoms with E-state index < -0.39 is 15.9 Å². The number of para-hydroxylation sites is 2. The summed E-state index contributed by atoms with van der Waals surface area (Å²) in [5, 5.41) is 0.346. The number of hydrogen-bond acceptors (Lipinski definition) is 5. The molecule has 192 valence electrons. The van der Waals surface area contributed by atoms with Crippen molar-refractivity contribution in [2.24, 2.45) is 0 Å². The van der Waals surface area contributed by atoms with Crippen LogP contribution < -0.4 is 5.69 Å². The van der Waals surface area contributed by atoms with Gasteiger partial charge in [-0.3, -0.25) is 13.9 Å². The number of carbonyl (C=O) groups is 1. The molecule has 0 saturated carbocycles. The van der Waals surface area contributed by atoms with Gasteiger partial charge in [0, 0.05) is 36.7 Å². The summed E-state index contributed by atoms with van der Waals surface area (Å²) in [5.74, 6) is -0.501. The van der Waals surface area contributed by atoms with E-state index in [1.807, 2.05) is 47.2 Å². The lowest BCUT2D eigenvalue weighted by molar-refractivity contribution is 0.0868. The maximum absolute atomic E-state index is 13.3. The predicted octanol–water partition coefficient (Wildman–Crippen LogP) is 4.30. The van der Waals surface area contributed by atoms with Crippen LogP contribution in [-0.2, 0) is 10.0 Å². The van der Waals surface area contributed by atoms with Gasteiger partial charge in [0.25, 0.3) is 15.9 Å². The lowest BCUT2D eigenvalue weighted by atomic mass is 10.0. The van der Waals surface area contributed by atoms with Gasteiger partial charge in [-0.25, -0.2) is 17.5 Å². The molecule has 2 aliphatic heterocycles. The molecule has 3 aromatic rings. The highest BCUT2D eigenvalue weighted by Gasteiger charge is 2.40. The quantitative estimate of drug-likeness (QED) is 0.425. The van der Waals surface area contributed by atoms with Crippen LogP contribution in [0.25, 0.3) is 11.0 Å². The smallest absolute Gasteiger partial charge is 0.303 e. The normalized spacial score (nSPS) is 18.4. The molecule has 3 heterocycles. The number of hydrogen-bond donors (Lipinski definition) is 0. The third-order valence-corrected chi connectivity index (χ3v) is 9.38. The Kier molecular flexibility index (Phi) is 6.74. The van der Waals surface area contributed by atoms with Gasteiger partial charge in [-0.15, -0.1) is 0 Å².